The Bertz CT molecular complexity index is 4410. The molecule has 5 nitrogen and oxygen atoms in total. The SMILES string of the molecule is C1=CC(n2c3ccccc3c3ccc4c5ccccc5n(-c5ccc6[nH]c7ccc(-n8c9ccccc9c9ccc%10c%11ccccc%11n(-c%11ccccc%11)c%10c98)cc7c6c5)c4c32)=CCC1. The molecule has 1 aliphatic rings. The van der Waals surface area contributed by atoms with E-state index in [2.05, 4.69) is 230 Å². The molecule has 0 fully saturated rings. The van der Waals surface area contributed by atoms with Gasteiger partial charge in [-0.25, -0.2) is 0 Å². The first kappa shape index (κ1) is 35.0. The molecule has 0 radical (unpaired) electrons. The summed E-state index contributed by atoms with van der Waals surface area (Å²) in [5.41, 5.74) is 16.6. The van der Waals surface area contributed by atoms with Crippen molar-refractivity contribution in [2.45, 2.75) is 12.8 Å². The molecule has 1 aliphatic carbocycles. The van der Waals surface area contributed by atoms with E-state index in [-0.39, 0.29) is 0 Å². The molecule has 14 aromatic rings. The van der Waals surface area contributed by atoms with Crippen LogP contribution in [0.15, 0.2) is 206 Å². The molecule has 0 bridgehead atoms. The van der Waals surface area contributed by atoms with E-state index in [0.29, 0.717) is 0 Å². The predicted molar refractivity (Wildman–Crippen MR) is 274 cm³/mol. The maximum Gasteiger partial charge on any atom is 0.0788 e. The Kier molecular flexibility index (Phi) is 7.00. The summed E-state index contributed by atoms with van der Waals surface area (Å²) in [6, 6.07) is 69.6. The number of aromatic nitrogens is 5. The molecule has 5 aromatic heterocycles. The van der Waals surface area contributed by atoms with Gasteiger partial charge in [0, 0.05) is 87.7 Å². The van der Waals surface area contributed by atoms with E-state index in [4.69, 9.17) is 0 Å². The van der Waals surface area contributed by atoms with E-state index < -0.39 is 0 Å². The normalized spacial score (nSPS) is 13.4. The molecule has 0 unspecified atom stereocenters. The second-order valence-electron chi connectivity index (χ2n) is 17.7. The average Bonchev–Trinajstić information content (AvgIpc) is 4.17. The molecule has 0 atom stereocenters. The lowest BCUT2D eigenvalue weighted by Gasteiger charge is -2.15. The summed E-state index contributed by atoms with van der Waals surface area (Å²) < 4.78 is 9.99. The first-order valence-electron chi connectivity index (χ1n) is 22.7. The van der Waals surface area contributed by atoms with Gasteiger partial charge in [-0.05, 0) is 91.7 Å². The van der Waals surface area contributed by atoms with Gasteiger partial charge in [-0.15, -0.1) is 0 Å². The van der Waals surface area contributed by atoms with E-state index in [1.807, 2.05) is 0 Å². The minimum atomic E-state index is 1.04. The Morgan fingerprint density at radius 3 is 1.15 bits per heavy atom. The van der Waals surface area contributed by atoms with Crippen molar-refractivity contribution >= 4 is 115 Å². The minimum absolute atomic E-state index is 1.04. The first-order chi connectivity index (χ1) is 32.3. The molecule has 0 saturated heterocycles. The molecular formula is C60H39N5. The van der Waals surface area contributed by atoms with Gasteiger partial charge in [0.2, 0.25) is 0 Å². The third-order valence-electron chi connectivity index (χ3n) is 14.3. The lowest BCUT2D eigenvalue weighted by molar-refractivity contribution is 1.02. The number of benzene rings is 9. The lowest BCUT2D eigenvalue weighted by atomic mass is 10.1. The summed E-state index contributed by atoms with van der Waals surface area (Å²) in [7, 11) is 0. The zero-order chi connectivity index (χ0) is 42.3. The highest BCUT2D eigenvalue weighted by molar-refractivity contribution is 6.26. The number of aromatic amines is 1. The molecule has 5 heteroatoms. The van der Waals surface area contributed by atoms with E-state index in [9.17, 15) is 0 Å². The molecule has 1 N–H and O–H groups in total. The van der Waals surface area contributed by atoms with Crippen molar-refractivity contribution < 1.29 is 0 Å². The topological polar surface area (TPSA) is 35.5 Å². The first-order valence-corrected chi connectivity index (χ1v) is 22.7. The van der Waals surface area contributed by atoms with E-state index >= 15 is 0 Å². The fourth-order valence-electron chi connectivity index (χ4n) is 11.6. The summed E-state index contributed by atoms with van der Waals surface area (Å²) in [4.78, 5) is 3.81. The molecule has 15 rings (SSSR count). The summed E-state index contributed by atoms with van der Waals surface area (Å²) in [5.74, 6) is 0. The maximum absolute atomic E-state index is 3.81. The average molecular weight is 830 g/mol. The number of hydrogen-bond donors (Lipinski definition) is 1. The van der Waals surface area contributed by atoms with E-state index in [0.717, 1.165) is 40.9 Å². The zero-order valence-electron chi connectivity index (χ0n) is 35.3. The number of nitrogens with one attached hydrogen (secondary N) is 1. The van der Waals surface area contributed by atoms with Crippen LogP contribution in [0.1, 0.15) is 12.8 Å². The van der Waals surface area contributed by atoms with Crippen LogP contribution >= 0.6 is 0 Å². The molecule has 0 saturated carbocycles. The van der Waals surface area contributed by atoms with Gasteiger partial charge in [-0.3, -0.25) is 0 Å². The van der Waals surface area contributed by atoms with Crippen molar-refractivity contribution in [1.82, 2.24) is 23.3 Å². The molecule has 0 spiro atoms. The Hall–Kier alpha value is -8.54. The molecular weight excluding hydrogens is 791 g/mol. The highest BCUT2D eigenvalue weighted by Crippen LogP contribution is 2.45. The van der Waals surface area contributed by atoms with Crippen LogP contribution in [0, 0.1) is 0 Å². The highest BCUT2D eigenvalue weighted by Gasteiger charge is 2.24. The van der Waals surface area contributed by atoms with Crippen LogP contribution in [-0.4, -0.2) is 23.3 Å². The van der Waals surface area contributed by atoms with Crippen molar-refractivity contribution in [1.29, 1.82) is 0 Å². The summed E-state index contributed by atoms with van der Waals surface area (Å²) in [6.07, 6.45) is 9.13. The molecule has 0 aliphatic heterocycles. The van der Waals surface area contributed by atoms with Gasteiger partial charge in [0.05, 0.1) is 44.1 Å². The largest absolute Gasteiger partial charge is 0.355 e. The number of allylic oxidation sites excluding steroid dienone is 4. The number of H-pyrrole nitrogens is 1. The maximum atomic E-state index is 3.81. The van der Waals surface area contributed by atoms with Gasteiger partial charge in [0.1, 0.15) is 0 Å². The molecule has 304 valence electrons. The van der Waals surface area contributed by atoms with Gasteiger partial charge in [-0.2, -0.15) is 0 Å². The molecule has 0 amide bonds. The van der Waals surface area contributed by atoms with Gasteiger partial charge < -0.3 is 23.3 Å². The smallest absolute Gasteiger partial charge is 0.0788 e. The summed E-state index contributed by atoms with van der Waals surface area (Å²) in [5, 5.41) is 12.4. The van der Waals surface area contributed by atoms with Gasteiger partial charge in [0.25, 0.3) is 0 Å². The van der Waals surface area contributed by atoms with Crippen molar-refractivity contribution in [2.24, 2.45) is 0 Å². The van der Waals surface area contributed by atoms with Crippen LogP contribution in [-0.2, 0) is 0 Å². The Morgan fingerprint density at radius 2 is 0.708 bits per heavy atom. The number of fused-ring (bicyclic) bond motifs is 17. The van der Waals surface area contributed by atoms with E-state index in [1.54, 1.807) is 0 Å². The molecule has 5 heterocycles. The van der Waals surface area contributed by atoms with Crippen molar-refractivity contribution in [3.63, 3.8) is 0 Å². The second-order valence-corrected chi connectivity index (χ2v) is 17.7. The lowest BCUT2D eigenvalue weighted by Crippen LogP contribution is -2.00. The fraction of sp³-hybridized carbons (Fsp3) is 0.0333. The number of para-hydroxylation sites is 5. The van der Waals surface area contributed by atoms with Gasteiger partial charge in [-0.1, -0.05) is 127 Å². The standard InChI is InChI=1S/C60H39N5/c1-3-15-37(16-4-1)62-53-23-11-7-19-41(53)45-29-31-47-43-21-9-13-25-55(43)64(59(47)57(45)62)39-27-33-51-49(35-39)50-36-40(28-34-52(50)61-51)65-56-26-14-10-22-44(56)48-32-30-46-42-20-8-12-24-54(42)63(58(46)60(48)65)38-17-5-2-6-18-38/h1,3-5,7-36,61H,2,6H2. The van der Waals surface area contributed by atoms with Crippen LogP contribution < -0.4 is 0 Å². The van der Waals surface area contributed by atoms with Crippen LogP contribution in [0.3, 0.4) is 0 Å². The monoisotopic (exact) mass is 829 g/mol. The second kappa shape index (κ2) is 13.0. The predicted octanol–water partition coefficient (Wildman–Crippen LogP) is 15.9. The molecule has 9 aromatic carbocycles. The van der Waals surface area contributed by atoms with Crippen LogP contribution in [0.2, 0.25) is 0 Å². The van der Waals surface area contributed by atoms with E-state index in [1.165, 1.54) is 104 Å². The van der Waals surface area contributed by atoms with Crippen LogP contribution in [0.4, 0.5) is 0 Å². The Balaban J connectivity index is 1.02. The third-order valence-corrected chi connectivity index (χ3v) is 14.3. The number of rotatable bonds is 4. The minimum Gasteiger partial charge on any atom is -0.355 e. The number of nitrogens with zero attached hydrogens (tertiary/aromatic N) is 4. The van der Waals surface area contributed by atoms with Crippen molar-refractivity contribution in [2.75, 3.05) is 0 Å². The quantitative estimate of drug-likeness (QED) is 0.183. The van der Waals surface area contributed by atoms with Crippen molar-refractivity contribution in [3.8, 4) is 17.1 Å². The molecule has 65 heavy (non-hydrogen) atoms. The summed E-state index contributed by atoms with van der Waals surface area (Å²) in [6.45, 7) is 0. The van der Waals surface area contributed by atoms with Crippen LogP contribution in [0.25, 0.3) is 132 Å². The van der Waals surface area contributed by atoms with Gasteiger partial charge >= 0.3 is 0 Å². The zero-order valence-corrected chi connectivity index (χ0v) is 35.3. The fourth-order valence-corrected chi connectivity index (χ4v) is 11.6. The number of hydrogen-bond acceptors (Lipinski definition) is 0. The van der Waals surface area contributed by atoms with Gasteiger partial charge in [0.15, 0.2) is 0 Å². The Labute approximate surface area is 372 Å². The third kappa shape index (κ3) is 4.71. The van der Waals surface area contributed by atoms with Crippen molar-refractivity contribution in [3.05, 3.63) is 206 Å². The highest BCUT2D eigenvalue weighted by atomic mass is 15.1. The Morgan fingerprint density at radius 1 is 0.308 bits per heavy atom. The van der Waals surface area contributed by atoms with Crippen LogP contribution in [0.5, 0.6) is 0 Å². The summed E-state index contributed by atoms with van der Waals surface area (Å²) >= 11 is 0.